The van der Waals surface area contributed by atoms with Crippen LogP contribution in [0.5, 0.6) is 5.75 Å². The van der Waals surface area contributed by atoms with Crippen LogP contribution in [0.2, 0.25) is 0 Å². The number of nitrogens with one attached hydrogen (secondary N) is 1. The molecule has 2 rings (SSSR count). The van der Waals surface area contributed by atoms with Crippen LogP contribution in [-0.4, -0.2) is 5.91 Å². The minimum atomic E-state index is -0.277. The van der Waals surface area contributed by atoms with Gasteiger partial charge in [0.2, 0.25) is 0 Å². The van der Waals surface area contributed by atoms with E-state index >= 15 is 0 Å². The van der Waals surface area contributed by atoms with E-state index in [0.29, 0.717) is 11.5 Å². The highest BCUT2D eigenvalue weighted by Gasteiger charge is 2.12. The molecule has 0 atom stereocenters. The van der Waals surface area contributed by atoms with Gasteiger partial charge in [-0.2, -0.15) is 0 Å². The van der Waals surface area contributed by atoms with Gasteiger partial charge < -0.3 is 4.74 Å². The molecule has 0 saturated heterocycles. The Balaban J connectivity index is 2.11. The number of hydrogen-bond donors (Lipinski definition) is 2. The number of hydrogen-bond acceptors (Lipinski definition) is 4. The van der Waals surface area contributed by atoms with E-state index in [1.54, 1.807) is 0 Å². The van der Waals surface area contributed by atoms with Gasteiger partial charge in [-0.25, -0.2) is 5.84 Å². The molecule has 106 valence electrons. The third-order valence-corrected chi connectivity index (χ3v) is 4.56. The summed E-state index contributed by atoms with van der Waals surface area (Å²) in [4.78, 5) is 13.1. The lowest BCUT2D eigenvalue weighted by molar-refractivity contribution is 0.0957. The van der Waals surface area contributed by atoms with Gasteiger partial charge in [-0.05, 0) is 53.5 Å². The van der Waals surface area contributed by atoms with Crippen molar-refractivity contribution in [2.24, 2.45) is 5.84 Å². The maximum absolute atomic E-state index is 11.5. The Labute approximate surface area is 130 Å². The van der Waals surface area contributed by atoms with Crippen molar-refractivity contribution in [2.75, 3.05) is 0 Å². The molecule has 3 N–H and O–H groups in total. The predicted molar refractivity (Wildman–Crippen MR) is 83.9 cm³/mol. The van der Waals surface area contributed by atoms with E-state index in [1.165, 1.54) is 11.3 Å². The van der Waals surface area contributed by atoms with Crippen LogP contribution in [0.15, 0.2) is 28.7 Å². The summed E-state index contributed by atoms with van der Waals surface area (Å²) in [6.07, 6.45) is 0. The van der Waals surface area contributed by atoms with E-state index in [0.717, 1.165) is 26.2 Å². The fraction of sp³-hybridized carbons (Fsp3) is 0.214. The largest absolute Gasteiger partial charge is 0.488 e. The summed E-state index contributed by atoms with van der Waals surface area (Å²) in [6, 6.07) is 7.73. The number of amides is 1. The highest BCUT2D eigenvalue weighted by molar-refractivity contribution is 9.10. The van der Waals surface area contributed by atoms with Gasteiger partial charge in [0.05, 0.1) is 9.35 Å². The molecular formula is C14H15BrN2O2S. The predicted octanol–water partition coefficient (Wildman–Crippen LogP) is 3.31. The van der Waals surface area contributed by atoms with Crippen molar-refractivity contribution in [3.05, 3.63) is 49.6 Å². The summed E-state index contributed by atoms with van der Waals surface area (Å²) < 4.78 is 6.70. The van der Waals surface area contributed by atoms with Crippen LogP contribution in [0.3, 0.4) is 0 Å². The summed E-state index contributed by atoms with van der Waals surface area (Å²) in [7, 11) is 0. The first kappa shape index (κ1) is 15.0. The maximum Gasteiger partial charge on any atom is 0.275 e. The van der Waals surface area contributed by atoms with E-state index in [4.69, 9.17) is 10.6 Å². The first-order valence-electron chi connectivity index (χ1n) is 6.00. The number of halogens is 1. The molecule has 0 bridgehead atoms. The van der Waals surface area contributed by atoms with Gasteiger partial charge in [-0.1, -0.05) is 6.07 Å². The monoisotopic (exact) mass is 354 g/mol. The molecule has 4 nitrogen and oxygen atoms in total. The van der Waals surface area contributed by atoms with E-state index in [9.17, 15) is 4.79 Å². The molecule has 6 heteroatoms. The van der Waals surface area contributed by atoms with Crippen LogP contribution in [0, 0.1) is 13.8 Å². The quantitative estimate of drug-likeness (QED) is 0.502. The molecule has 0 radical (unpaired) electrons. The van der Waals surface area contributed by atoms with E-state index in [-0.39, 0.29) is 5.91 Å². The third-order valence-electron chi connectivity index (χ3n) is 2.85. The van der Waals surface area contributed by atoms with Gasteiger partial charge in [-0.3, -0.25) is 10.2 Å². The number of rotatable bonds is 4. The Morgan fingerprint density at radius 3 is 2.80 bits per heavy atom. The zero-order valence-electron chi connectivity index (χ0n) is 11.2. The average Bonchev–Trinajstić information content (AvgIpc) is 2.78. The lowest BCUT2D eigenvalue weighted by Crippen LogP contribution is -2.29. The minimum absolute atomic E-state index is 0.277. The zero-order valence-corrected chi connectivity index (χ0v) is 13.6. The molecule has 1 aromatic heterocycles. The molecule has 20 heavy (non-hydrogen) atoms. The van der Waals surface area contributed by atoms with Crippen LogP contribution >= 0.6 is 27.3 Å². The van der Waals surface area contributed by atoms with Crippen molar-refractivity contribution < 1.29 is 9.53 Å². The Kier molecular flexibility index (Phi) is 4.80. The lowest BCUT2D eigenvalue weighted by Gasteiger charge is -2.08. The van der Waals surface area contributed by atoms with Crippen molar-refractivity contribution in [2.45, 2.75) is 20.5 Å². The number of nitrogen functional groups attached to an aromatic ring is 1. The molecule has 0 aliphatic heterocycles. The van der Waals surface area contributed by atoms with Crippen molar-refractivity contribution in [1.29, 1.82) is 0 Å². The Hall–Kier alpha value is -1.37. The maximum atomic E-state index is 11.5. The topological polar surface area (TPSA) is 64.3 Å². The SMILES string of the molecule is Cc1ccc(OCc2cc(C(=O)NN)sc2C)c(Br)c1. The number of aryl methyl sites for hydroxylation is 2. The number of thiophene rings is 1. The molecule has 0 saturated carbocycles. The second-order valence-electron chi connectivity index (χ2n) is 4.39. The molecule has 1 amide bonds. The Morgan fingerprint density at radius 2 is 2.15 bits per heavy atom. The molecule has 2 aromatic rings. The molecule has 1 aromatic carbocycles. The van der Waals surface area contributed by atoms with Gasteiger partial charge in [0.15, 0.2) is 0 Å². The van der Waals surface area contributed by atoms with Gasteiger partial charge in [-0.15, -0.1) is 11.3 Å². The van der Waals surface area contributed by atoms with Crippen molar-refractivity contribution in [1.82, 2.24) is 5.43 Å². The summed E-state index contributed by atoms with van der Waals surface area (Å²) >= 11 is 4.88. The molecule has 0 unspecified atom stereocenters. The van der Waals surface area contributed by atoms with E-state index < -0.39 is 0 Å². The second-order valence-corrected chi connectivity index (χ2v) is 6.50. The first-order chi connectivity index (χ1) is 9.51. The summed E-state index contributed by atoms with van der Waals surface area (Å²) in [5.41, 5.74) is 4.29. The summed E-state index contributed by atoms with van der Waals surface area (Å²) in [6.45, 7) is 4.40. The minimum Gasteiger partial charge on any atom is -0.488 e. The van der Waals surface area contributed by atoms with Crippen molar-refractivity contribution in [3.63, 3.8) is 0 Å². The molecular weight excluding hydrogens is 340 g/mol. The van der Waals surface area contributed by atoms with Crippen LogP contribution in [0.25, 0.3) is 0 Å². The standard InChI is InChI=1S/C14H15BrN2O2S/c1-8-3-4-12(11(15)5-8)19-7-10-6-13(14(18)17-16)20-9(10)2/h3-6H,7,16H2,1-2H3,(H,17,18). The van der Waals surface area contributed by atoms with Gasteiger partial charge in [0, 0.05) is 10.4 Å². The number of nitrogens with two attached hydrogens (primary N) is 1. The number of carbonyl (C=O) groups excluding carboxylic acids is 1. The van der Waals surface area contributed by atoms with Crippen LogP contribution in [0.4, 0.5) is 0 Å². The normalized spacial score (nSPS) is 10.4. The summed E-state index contributed by atoms with van der Waals surface area (Å²) in [5, 5.41) is 0. The van der Waals surface area contributed by atoms with Crippen molar-refractivity contribution in [3.8, 4) is 5.75 Å². The number of hydrazine groups is 1. The third kappa shape index (κ3) is 3.39. The Morgan fingerprint density at radius 1 is 1.40 bits per heavy atom. The van der Waals surface area contributed by atoms with Gasteiger partial charge in [0.1, 0.15) is 12.4 Å². The first-order valence-corrected chi connectivity index (χ1v) is 7.61. The summed E-state index contributed by atoms with van der Waals surface area (Å²) in [5.74, 6) is 5.64. The average molecular weight is 355 g/mol. The van der Waals surface area contributed by atoms with Gasteiger partial charge >= 0.3 is 0 Å². The van der Waals surface area contributed by atoms with Gasteiger partial charge in [0.25, 0.3) is 5.91 Å². The molecule has 1 heterocycles. The van der Waals surface area contributed by atoms with Crippen LogP contribution in [-0.2, 0) is 6.61 Å². The highest BCUT2D eigenvalue weighted by Crippen LogP contribution is 2.28. The van der Waals surface area contributed by atoms with E-state index in [1.807, 2.05) is 38.1 Å². The van der Waals surface area contributed by atoms with Crippen LogP contribution < -0.4 is 16.0 Å². The van der Waals surface area contributed by atoms with Crippen LogP contribution in [0.1, 0.15) is 25.7 Å². The fourth-order valence-electron chi connectivity index (χ4n) is 1.72. The smallest absolute Gasteiger partial charge is 0.275 e. The molecule has 0 spiro atoms. The zero-order chi connectivity index (χ0) is 14.7. The molecule has 0 aliphatic rings. The lowest BCUT2D eigenvalue weighted by atomic mass is 10.2. The fourth-order valence-corrected chi connectivity index (χ4v) is 3.26. The Bertz CT molecular complexity index is 640. The molecule has 0 fully saturated rings. The van der Waals surface area contributed by atoms with Crippen molar-refractivity contribution >= 4 is 33.2 Å². The van der Waals surface area contributed by atoms with E-state index in [2.05, 4.69) is 21.4 Å². The number of ether oxygens (including phenoxy) is 1. The number of benzene rings is 1. The molecule has 0 aliphatic carbocycles. The highest BCUT2D eigenvalue weighted by atomic mass is 79.9. The second kappa shape index (κ2) is 6.39. The number of carbonyl (C=O) groups is 1.